The number of carbonyl (C=O) groups excluding carboxylic acids is 2. The Balaban J connectivity index is 1.49. The van der Waals surface area contributed by atoms with Crippen LogP contribution >= 0.6 is 22.6 Å². The molecular formula is C21H24IN3O2. The average molecular weight is 477 g/mol. The van der Waals surface area contributed by atoms with E-state index in [1.54, 1.807) is 0 Å². The van der Waals surface area contributed by atoms with Gasteiger partial charge in [0.15, 0.2) is 0 Å². The number of rotatable bonds is 7. The first-order valence-corrected chi connectivity index (χ1v) is 10.1. The van der Waals surface area contributed by atoms with Crippen molar-refractivity contribution in [2.75, 3.05) is 18.9 Å². The molecule has 1 aliphatic carbocycles. The highest BCUT2D eigenvalue weighted by molar-refractivity contribution is 14.1. The van der Waals surface area contributed by atoms with E-state index in [9.17, 15) is 9.59 Å². The molecule has 1 aliphatic rings. The zero-order chi connectivity index (χ0) is 19.4. The highest BCUT2D eigenvalue weighted by Crippen LogP contribution is 2.19. The minimum absolute atomic E-state index is 0.00971. The summed E-state index contributed by atoms with van der Waals surface area (Å²) >= 11 is 2.26. The van der Waals surface area contributed by atoms with Crippen molar-refractivity contribution in [3.63, 3.8) is 0 Å². The maximum Gasteiger partial charge on any atom is 0.251 e. The molecule has 2 aromatic carbocycles. The third-order valence-electron chi connectivity index (χ3n) is 4.45. The number of carbonyl (C=O) groups is 2. The van der Waals surface area contributed by atoms with E-state index in [0.717, 1.165) is 27.7 Å². The van der Waals surface area contributed by atoms with Crippen molar-refractivity contribution >= 4 is 40.1 Å². The van der Waals surface area contributed by atoms with E-state index < -0.39 is 0 Å². The van der Waals surface area contributed by atoms with Crippen LogP contribution in [0.2, 0.25) is 0 Å². The number of nitrogens with one attached hydrogen (secondary N) is 2. The molecule has 2 N–H and O–H groups in total. The van der Waals surface area contributed by atoms with Crippen LogP contribution in [0.4, 0.5) is 5.69 Å². The van der Waals surface area contributed by atoms with Gasteiger partial charge >= 0.3 is 0 Å². The van der Waals surface area contributed by atoms with Gasteiger partial charge in [-0.1, -0.05) is 18.2 Å². The molecule has 0 aromatic heterocycles. The van der Waals surface area contributed by atoms with Crippen molar-refractivity contribution in [2.45, 2.75) is 32.4 Å². The van der Waals surface area contributed by atoms with E-state index in [1.807, 2.05) is 61.3 Å². The van der Waals surface area contributed by atoms with Gasteiger partial charge in [0.1, 0.15) is 0 Å². The lowest BCUT2D eigenvalue weighted by atomic mass is 10.1. The minimum Gasteiger partial charge on any atom is -0.349 e. The number of hydrogen-bond donors (Lipinski definition) is 2. The molecule has 5 nitrogen and oxygen atoms in total. The van der Waals surface area contributed by atoms with E-state index in [0.29, 0.717) is 24.7 Å². The Kier molecular flexibility index (Phi) is 6.49. The lowest BCUT2D eigenvalue weighted by Gasteiger charge is -2.17. The van der Waals surface area contributed by atoms with Crippen molar-refractivity contribution in [3.05, 3.63) is 62.7 Å². The number of aryl methyl sites for hydroxylation is 1. The molecule has 0 spiro atoms. The highest BCUT2D eigenvalue weighted by atomic mass is 127. The van der Waals surface area contributed by atoms with Gasteiger partial charge in [-0.25, -0.2) is 0 Å². The Morgan fingerprint density at radius 3 is 2.48 bits per heavy atom. The standard InChI is InChI=1S/C21H24IN3O2/c1-14-3-8-18(11-19(14)22)23-20(26)13-25(2)12-15-4-6-16(7-5-15)21(27)24-17-9-10-17/h3-8,11,17H,9-10,12-13H2,1-2H3,(H,23,26)(H,24,27). The summed E-state index contributed by atoms with van der Waals surface area (Å²) in [6, 6.07) is 13.8. The Hall–Kier alpha value is -1.93. The second-order valence-corrected chi connectivity index (χ2v) is 8.29. The van der Waals surface area contributed by atoms with Crippen LogP contribution in [0, 0.1) is 10.5 Å². The summed E-state index contributed by atoms with van der Waals surface area (Å²) in [5, 5.41) is 5.92. The molecule has 0 unspecified atom stereocenters. The predicted molar refractivity (Wildman–Crippen MR) is 116 cm³/mol. The van der Waals surface area contributed by atoms with Crippen LogP contribution in [-0.2, 0) is 11.3 Å². The molecule has 0 saturated heterocycles. The number of likely N-dealkylation sites (N-methyl/N-ethyl adjacent to an activating group) is 1. The summed E-state index contributed by atoms with van der Waals surface area (Å²) in [6.07, 6.45) is 2.16. The zero-order valence-corrected chi connectivity index (χ0v) is 17.7. The summed E-state index contributed by atoms with van der Waals surface area (Å²) in [6.45, 7) is 2.99. The van der Waals surface area contributed by atoms with Crippen molar-refractivity contribution in [1.29, 1.82) is 0 Å². The highest BCUT2D eigenvalue weighted by Gasteiger charge is 2.23. The second-order valence-electron chi connectivity index (χ2n) is 7.13. The molecule has 0 atom stereocenters. The number of anilines is 1. The SMILES string of the molecule is Cc1ccc(NC(=O)CN(C)Cc2ccc(C(=O)NC3CC3)cc2)cc1I. The fraction of sp³-hybridized carbons (Fsp3) is 0.333. The van der Waals surface area contributed by atoms with Crippen molar-refractivity contribution in [2.24, 2.45) is 0 Å². The quantitative estimate of drug-likeness (QED) is 0.600. The van der Waals surface area contributed by atoms with Gasteiger partial charge in [0.05, 0.1) is 6.54 Å². The number of halogens is 1. The molecular weight excluding hydrogens is 453 g/mol. The maximum absolute atomic E-state index is 12.3. The number of nitrogens with zero attached hydrogens (tertiary/aromatic N) is 1. The van der Waals surface area contributed by atoms with Crippen LogP contribution in [0.15, 0.2) is 42.5 Å². The van der Waals surface area contributed by atoms with Gasteiger partial charge in [-0.15, -0.1) is 0 Å². The second kappa shape index (κ2) is 8.84. The van der Waals surface area contributed by atoms with E-state index in [4.69, 9.17) is 0 Å². The molecule has 0 radical (unpaired) electrons. The van der Waals surface area contributed by atoms with Gasteiger partial charge in [0.2, 0.25) is 5.91 Å². The fourth-order valence-corrected chi connectivity index (χ4v) is 3.26. The summed E-state index contributed by atoms with van der Waals surface area (Å²) in [5.74, 6) is -0.0536. The number of benzene rings is 2. The third-order valence-corrected chi connectivity index (χ3v) is 5.61. The molecule has 142 valence electrons. The number of amides is 2. The summed E-state index contributed by atoms with van der Waals surface area (Å²) in [4.78, 5) is 26.2. The molecule has 27 heavy (non-hydrogen) atoms. The van der Waals surface area contributed by atoms with Crippen LogP contribution in [0.25, 0.3) is 0 Å². The lowest BCUT2D eigenvalue weighted by Crippen LogP contribution is -2.30. The molecule has 3 rings (SSSR count). The first kappa shape index (κ1) is 19.8. The topological polar surface area (TPSA) is 61.4 Å². The lowest BCUT2D eigenvalue weighted by molar-refractivity contribution is -0.117. The monoisotopic (exact) mass is 477 g/mol. The van der Waals surface area contributed by atoms with Gasteiger partial charge in [-0.3, -0.25) is 14.5 Å². The predicted octanol–water partition coefficient (Wildman–Crippen LogP) is 3.56. The van der Waals surface area contributed by atoms with Crippen molar-refractivity contribution in [1.82, 2.24) is 10.2 Å². The Labute approximate surface area is 173 Å². The van der Waals surface area contributed by atoms with E-state index in [1.165, 1.54) is 5.56 Å². The van der Waals surface area contributed by atoms with Crippen LogP contribution in [-0.4, -0.2) is 36.3 Å². The molecule has 2 aromatic rings. The molecule has 2 amide bonds. The van der Waals surface area contributed by atoms with Crippen LogP contribution in [0.3, 0.4) is 0 Å². The smallest absolute Gasteiger partial charge is 0.251 e. The first-order valence-electron chi connectivity index (χ1n) is 9.05. The third kappa shape index (κ3) is 6.04. The number of hydrogen-bond acceptors (Lipinski definition) is 3. The zero-order valence-electron chi connectivity index (χ0n) is 15.6. The summed E-state index contributed by atoms with van der Waals surface area (Å²) in [5.41, 5.74) is 3.76. The van der Waals surface area contributed by atoms with E-state index in [2.05, 4.69) is 33.2 Å². The van der Waals surface area contributed by atoms with E-state index in [-0.39, 0.29) is 11.8 Å². The normalized spacial score (nSPS) is 13.5. The van der Waals surface area contributed by atoms with Gasteiger partial charge in [-0.2, -0.15) is 0 Å². The largest absolute Gasteiger partial charge is 0.349 e. The molecule has 1 saturated carbocycles. The molecule has 0 heterocycles. The summed E-state index contributed by atoms with van der Waals surface area (Å²) < 4.78 is 1.13. The molecule has 0 aliphatic heterocycles. The van der Waals surface area contributed by atoms with Crippen molar-refractivity contribution < 1.29 is 9.59 Å². The first-order chi connectivity index (χ1) is 12.9. The minimum atomic E-state index is -0.0439. The maximum atomic E-state index is 12.3. The van der Waals surface area contributed by atoms with Gasteiger partial charge in [-0.05, 0) is 84.8 Å². The fourth-order valence-electron chi connectivity index (χ4n) is 2.74. The average Bonchev–Trinajstić information content (AvgIpc) is 3.42. The van der Waals surface area contributed by atoms with E-state index >= 15 is 0 Å². The summed E-state index contributed by atoms with van der Waals surface area (Å²) in [7, 11) is 1.91. The molecule has 1 fully saturated rings. The molecule has 6 heteroatoms. The molecule has 0 bridgehead atoms. The van der Waals surface area contributed by atoms with Crippen LogP contribution < -0.4 is 10.6 Å². The Bertz CT molecular complexity index is 832. The van der Waals surface area contributed by atoms with Crippen LogP contribution in [0.1, 0.15) is 34.3 Å². The Morgan fingerprint density at radius 2 is 1.85 bits per heavy atom. The Morgan fingerprint density at radius 1 is 1.15 bits per heavy atom. The van der Waals surface area contributed by atoms with Crippen molar-refractivity contribution in [3.8, 4) is 0 Å². The van der Waals surface area contributed by atoms with Gasteiger partial charge < -0.3 is 10.6 Å². The van der Waals surface area contributed by atoms with Crippen LogP contribution in [0.5, 0.6) is 0 Å². The van der Waals surface area contributed by atoms with Gasteiger partial charge in [0.25, 0.3) is 5.91 Å². The van der Waals surface area contributed by atoms with Gasteiger partial charge in [0, 0.05) is 27.4 Å².